The lowest BCUT2D eigenvalue weighted by Crippen LogP contribution is -2.33. The summed E-state index contributed by atoms with van der Waals surface area (Å²) in [6, 6.07) is -0.726. The van der Waals surface area contributed by atoms with Gasteiger partial charge >= 0.3 is 0 Å². The minimum Gasteiger partial charge on any atom is -0.368 e. The highest BCUT2D eigenvalue weighted by Crippen LogP contribution is 2.12. The van der Waals surface area contributed by atoms with E-state index in [9.17, 15) is 9.18 Å². The monoisotopic (exact) mass is 218 g/mol. The molecule has 0 saturated heterocycles. The Balaban J connectivity index is 2.85. The molecule has 1 aromatic rings. The number of carbonyl (C=O) groups is 1. The van der Waals surface area contributed by atoms with E-state index in [2.05, 4.69) is 15.3 Å². The van der Waals surface area contributed by atoms with Crippen LogP contribution in [0.1, 0.15) is 6.92 Å². The van der Waals surface area contributed by atoms with Gasteiger partial charge < -0.3 is 11.1 Å². The summed E-state index contributed by atoms with van der Waals surface area (Å²) >= 11 is 5.43. The Bertz CT molecular complexity index is 360. The van der Waals surface area contributed by atoms with E-state index in [0.29, 0.717) is 0 Å². The number of nitrogens with two attached hydrogens (primary N) is 1. The van der Waals surface area contributed by atoms with Crippen molar-refractivity contribution < 1.29 is 9.18 Å². The number of carbonyl (C=O) groups excluding carboxylic acids is 1. The number of hydrogen-bond donors (Lipinski definition) is 2. The first kappa shape index (κ1) is 10.6. The number of primary amides is 1. The van der Waals surface area contributed by atoms with Crippen molar-refractivity contribution in [1.82, 2.24) is 9.97 Å². The maximum absolute atomic E-state index is 13.0. The van der Waals surface area contributed by atoms with Gasteiger partial charge in [-0.15, -0.1) is 0 Å². The summed E-state index contributed by atoms with van der Waals surface area (Å²) in [6.07, 6.45) is 0.908. The van der Waals surface area contributed by atoms with Crippen LogP contribution >= 0.6 is 11.6 Å². The van der Waals surface area contributed by atoms with Crippen LogP contribution in [0.3, 0.4) is 0 Å². The quantitative estimate of drug-likeness (QED) is 0.727. The van der Waals surface area contributed by atoms with Crippen molar-refractivity contribution in [3.05, 3.63) is 17.3 Å². The number of hydrogen-bond acceptors (Lipinski definition) is 4. The van der Waals surface area contributed by atoms with E-state index >= 15 is 0 Å². The summed E-state index contributed by atoms with van der Waals surface area (Å²) in [6.45, 7) is 1.48. The zero-order chi connectivity index (χ0) is 10.7. The molecule has 0 bridgehead atoms. The van der Waals surface area contributed by atoms with Gasteiger partial charge in [-0.05, 0) is 18.5 Å². The molecular formula is C7H8ClFN4O. The summed E-state index contributed by atoms with van der Waals surface area (Å²) < 4.78 is 13.0. The fraction of sp³-hybridized carbons (Fsp3) is 0.286. The van der Waals surface area contributed by atoms with Crippen LogP contribution in [0.25, 0.3) is 0 Å². The van der Waals surface area contributed by atoms with Crippen molar-refractivity contribution >= 4 is 23.3 Å². The van der Waals surface area contributed by atoms with Crippen molar-refractivity contribution in [3.8, 4) is 0 Å². The Morgan fingerprint density at radius 1 is 1.79 bits per heavy atom. The highest BCUT2D eigenvalue weighted by Gasteiger charge is 2.12. The first-order chi connectivity index (χ1) is 6.50. The number of aromatic nitrogens is 2. The van der Waals surface area contributed by atoms with Gasteiger partial charge in [0.05, 0.1) is 6.20 Å². The molecule has 0 radical (unpaired) electrons. The zero-order valence-corrected chi connectivity index (χ0v) is 8.05. The molecule has 1 aromatic heterocycles. The molecule has 1 unspecified atom stereocenters. The second-order valence-corrected chi connectivity index (χ2v) is 2.94. The van der Waals surface area contributed by atoms with E-state index < -0.39 is 17.8 Å². The lowest BCUT2D eigenvalue weighted by molar-refractivity contribution is -0.118. The molecule has 5 nitrogen and oxygen atoms in total. The molecule has 7 heteroatoms. The minimum absolute atomic E-state index is 0.106. The number of halogens is 2. The van der Waals surface area contributed by atoms with Crippen LogP contribution in [-0.2, 0) is 4.79 Å². The smallest absolute Gasteiger partial charge is 0.239 e. The number of nitrogens with one attached hydrogen (secondary N) is 1. The average molecular weight is 219 g/mol. The highest BCUT2D eigenvalue weighted by molar-refractivity contribution is 6.28. The highest BCUT2D eigenvalue weighted by atomic mass is 35.5. The predicted molar refractivity (Wildman–Crippen MR) is 49.3 cm³/mol. The van der Waals surface area contributed by atoms with Crippen molar-refractivity contribution in [2.75, 3.05) is 5.32 Å². The zero-order valence-electron chi connectivity index (χ0n) is 7.29. The second-order valence-electron chi connectivity index (χ2n) is 2.60. The Kier molecular flexibility index (Phi) is 3.19. The molecule has 0 aromatic carbocycles. The van der Waals surface area contributed by atoms with Crippen LogP contribution in [0, 0.1) is 5.82 Å². The third-order valence-electron chi connectivity index (χ3n) is 1.49. The van der Waals surface area contributed by atoms with Gasteiger partial charge in [0.1, 0.15) is 6.04 Å². The summed E-state index contributed by atoms with van der Waals surface area (Å²) in [7, 11) is 0. The molecule has 1 heterocycles. The van der Waals surface area contributed by atoms with Gasteiger partial charge in [0.2, 0.25) is 11.2 Å². The molecule has 0 saturated carbocycles. The van der Waals surface area contributed by atoms with Crippen LogP contribution in [0.4, 0.5) is 10.2 Å². The van der Waals surface area contributed by atoms with E-state index in [1.165, 1.54) is 6.92 Å². The van der Waals surface area contributed by atoms with Crippen molar-refractivity contribution in [3.63, 3.8) is 0 Å². The Labute approximate surface area is 84.5 Å². The van der Waals surface area contributed by atoms with Gasteiger partial charge in [0.15, 0.2) is 11.6 Å². The normalized spacial score (nSPS) is 12.2. The number of anilines is 1. The Morgan fingerprint density at radius 2 is 2.43 bits per heavy atom. The molecule has 14 heavy (non-hydrogen) atoms. The molecule has 0 fully saturated rings. The van der Waals surface area contributed by atoms with Crippen molar-refractivity contribution in [2.45, 2.75) is 13.0 Å². The maximum atomic E-state index is 13.0. The molecule has 1 rings (SSSR count). The maximum Gasteiger partial charge on any atom is 0.239 e. The summed E-state index contributed by atoms with van der Waals surface area (Å²) in [5, 5.41) is 2.36. The molecule has 1 amide bonds. The molecule has 0 aliphatic rings. The van der Waals surface area contributed by atoms with E-state index in [-0.39, 0.29) is 11.1 Å². The summed E-state index contributed by atoms with van der Waals surface area (Å²) in [5.41, 5.74) is 4.97. The lowest BCUT2D eigenvalue weighted by Gasteiger charge is -2.10. The van der Waals surface area contributed by atoms with Gasteiger partial charge in [-0.3, -0.25) is 4.79 Å². The Morgan fingerprint density at radius 3 is 3.00 bits per heavy atom. The van der Waals surface area contributed by atoms with E-state index in [1.807, 2.05) is 0 Å². The van der Waals surface area contributed by atoms with Crippen LogP contribution in [-0.4, -0.2) is 21.9 Å². The molecule has 0 aliphatic heterocycles. The molecule has 1 atom stereocenters. The van der Waals surface area contributed by atoms with Crippen molar-refractivity contribution in [2.24, 2.45) is 5.73 Å². The van der Waals surface area contributed by atoms with Gasteiger partial charge in [0.25, 0.3) is 0 Å². The minimum atomic E-state index is -0.726. The Hall–Kier alpha value is -1.43. The molecule has 76 valence electrons. The summed E-state index contributed by atoms with van der Waals surface area (Å²) in [4.78, 5) is 17.6. The number of amides is 1. The third kappa shape index (κ3) is 2.53. The average Bonchev–Trinajstić information content (AvgIpc) is 2.11. The molecule has 0 spiro atoms. The fourth-order valence-corrected chi connectivity index (χ4v) is 0.856. The first-order valence-corrected chi connectivity index (χ1v) is 4.12. The molecular weight excluding hydrogens is 211 g/mol. The van der Waals surface area contributed by atoms with Crippen LogP contribution in [0.15, 0.2) is 6.20 Å². The van der Waals surface area contributed by atoms with Crippen molar-refractivity contribution in [1.29, 1.82) is 0 Å². The van der Waals surface area contributed by atoms with Gasteiger partial charge in [0, 0.05) is 0 Å². The van der Waals surface area contributed by atoms with E-state index in [0.717, 1.165) is 6.20 Å². The van der Waals surface area contributed by atoms with E-state index in [4.69, 9.17) is 17.3 Å². The topological polar surface area (TPSA) is 80.9 Å². The first-order valence-electron chi connectivity index (χ1n) is 3.74. The number of nitrogens with zero attached hydrogens (tertiary/aromatic N) is 2. The largest absolute Gasteiger partial charge is 0.368 e. The third-order valence-corrected chi connectivity index (χ3v) is 1.68. The van der Waals surface area contributed by atoms with Crippen LogP contribution < -0.4 is 11.1 Å². The van der Waals surface area contributed by atoms with Gasteiger partial charge in [-0.2, -0.15) is 4.98 Å². The van der Waals surface area contributed by atoms with Crippen LogP contribution in [0.2, 0.25) is 5.28 Å². The van der Waals surface area contributed by atoms with Gasteiger partial charge in [-0.1, -0.05) is 0 Å². The van der Waals surface area contributed by atoms with Crippen LogP contribution in [0.5, 0.6) is 0 Å². The number of rotatable bonds is 3. The summed E-state index contributed by atoms with van der Waals surface area (Å²) in [5.74, 6) is -1.45. The lowest BCUT2D eigenvalue weighted by atomic mass is 10.3. The fourth-order valence-electron chi connectivity index (χ4n) is 0.723. The standard InChI is InChI=1S/C7H8ClFN4O/c1-3(5(10)14)12-6-4(9)2-11-7(8)13-6/h2-3H,1H3,(H2,10,14)(H,11,12,13). The second kappa shape index (κ2) is 4.19. The predicted octanol–water partition coefficient (Wildman–Crippen LogP) is 0.555. The molecule has 0 aliphatic carbocycles. The molecule has 3 N–H and O–H groups in total. The van der Waals surface area contributed by atoms with E-state index in [1.54, 1.807) is 0 Å². The van der Waals surface area contributed by atoms with Gasteiger partial charge in [-0.25, -0.2) is 9.37 Å². The SMILES string of the molecule is CC(Nc1nc(Cl)ncc1F)C(N)=O.